The molecule has 0 spiro atoms. The van der Waals surface area contributed by atoms with Gasteiger partial charge in [-0.15, -0.1) is 0 Å². The van der Waals surface area contributed by atoms with Crippen LogP contribution in [0.2, 0.25) is 0 Å². The van der Waals surface area contributed by atoms with Crippen LogP contribution in [0.25, 0.3) is 11.4 Å². The van der Waals surface area contributed by atoms with E-state index >= 15 is 0 Å². The molecular formula is C27H26N4O. The van der Waals surface area contributed by atoms with Gasteiger partial charge in [0.05, 0.1) is 0 Å². The normalized spacial score (nSPS) is 10.7. The number of aromatic nitrogens is 2. The number of hydrogen-bond donors (Lipinski definition) is 2. The summed E-state index contributed by atoms with van der Waals surface area (Å²) in [6.07, 6.45) is 1.72. The molecule has 0 aliphatic carbocycles. The lowest BCUT2D eigenvalue weighted by molar-refractivity contribution is 0.0951. The lowest BCUT2D eigenvalue weighted by Crippen LogP contribution is -2.22. The van der Waals surface area contributed by atoms with Crippen LogP contribution in [0.3, 0.4) is 0 Å². The third-order valence-electron chi connectivity index (χ3n) is 5.18. The quantitative estimate of drug-likeness (QED) is 0.387. The van der Waals surface area contributed by atoms with Crippen molar-refractivity contribution in [2.45, 2.75) is 26.3 Å². The van der Waals surface area contributed by atoms with Crippen molar-refractivity contribution >= 4 is 17.4 Å². The molecular weight excluding hydrogens is 396 g/mol. The van der Waals surface area contributed by atoms with Crippen LogP contribution in [0.5, 0.6) is 0 Å². The molecule has 5 nitrogen and oxygen atoms in total. The van der Waals surface area contributed by atoms with Gasteiger partial charge in [0.1, 0.15) is 5.82 Å². The third-order valence-corrected chi connectivity index (χ3v) is 5.18. The molecule has 0 aliphatic heterocycles. The van der Waals surface area contributed by atoms with Gasteiger partial charge >= 0.3 is 0 Å². The van der Waals surface area contributed by atoms with Crippen LogP contribution in [-0.2, 0) is 6.54 Å². The minimum absolute atomic E-state index is 0.116. The molecule has 0 aliphatic rings. The number of amides is 1. The summed E-state index contributed by atoms with van der Waals surface area (Å²) in [4.78, 5) is 21.6. The van der Waals surface area contributed by atoms with Gasteiger partial charge in [0.25, 0.3) is 5.91 Å². The molecule has 1 amide bonds. The number of nitrogens with one attached hydrogen (secondary N) is 2. The Morgan fingerprint density at radius 1 is 0.906 bits per heavy atom. The van der Waals surface area contributed by atoms with E-state index in [4.69, 9.17) is 0 Å². The predicted molar refractivity (Wildman–Crippen MR) is 129 cm³/mol. The average molecular weight is 423 g/mol. The van der Waals surface area contributed by atoms with Crippen molar-refractivity contribution in [1.82, 2.24) is 15.3 Å². The highest BCUT2D eigenvalue weighted by molar-refractivity contribution is 5.95. The second-order valence-electron chi connectivity index (χ2n) is 7.92. The molecule has 0 radical (unpaired) electrons. The molecule has 0 bridgehead atoms. The van der Waals surface area contributed by atoms with Crippen LogP contribution in [0.15, 0.2) is 91.1 Å². The first-order valence-corrected chi connectivity index (χ1v) is 10.7. The van der Waals surface area contributed by atoms with Crippen molar-refractivity contribution < 1.29 is 4.79 Å². The van der Waals surface area contributed by atoms with E-state index in [1.54, 1.807) is 18.3 Å². The summed E-state index contributed by atoms with van der Waals surface area (Å²) < 4.78 is 0. The molecule has 160 valence electrons. The van der Waals surface area contributed by atoms with Crippen LogP contribution in [0.1, 0.15) is 41.3 Å². The van der Waals surface area contributed by atoms with E-state index in [9.17, 15) is 4.79 Å². The van der Waals surface area contributed by atoms with E-state index in [1.165, 1.54) is 5.56 Å². The molecule has 5 heteroatoms. The third kappa shape index (κ3) is 5.38. The van der Waals surface area contributed by atoms with Gasteiger partial charge in [0, 0.05) is 29.6 Å². The number of carbonyl (C=O) groups excluding carboxylic acids is 1. The molecule has 0 atom stereocenters. The van der Waals surface area contributed by atoms with Crippen molar-refractivity contribution in [2.24, 2.45) is 0 Å². The minimum atomic E-state index is -0.116. The number of nitrogens with zero attached hydrogens (tertiary/aromatic N) is 2. The summed E-state index contributed by atoms with van der Waals surface area (Å²) >= 11 is 0. The Morgan fingerprint density at radius 2 is 1.69 bits per heavy atom. The van der Waals surface area contributed by atoms with Crippen LogP contribution >= 0.6 is 0 Å². The van der Waals surface area contributed by atoms with Gasteiger partial charge in [-0.1, -0.05) is 74.5 Å². The predicted octanol–water partition coefficient (Wildman–Crippen LogP) is 5.94. The zero-order valence-electron chi connectivity index (χ0n) is 18.2. The van der Waals surface area contributed by atoms with Gasteiger partial charge in [-0.3, -0.25) is 4.79 Å². The number of carbonyl (C=O) groups is 1. The molecule has 0 saturated heterocycles. The van der Waals surface area contributed by atoms with E-state index in [1.807, 2.05) is 48.5 Å². The van der Waals surface area contributed by atoms with E-state index < -0.39 is 0 Å². The number of rotatable bonds is 7. The van der Waals surface area contributed by atoms with E-state index in [-0.39, 0.29) is 5.91 Å². The molecule has 1 heterocycles. The highest BCUT2D eigenvalue weighted by Crippen LogP contribution is 2.20. The largest absolute Gasteiger partial charge is 0.348 e. The maximum atomic E-state index is 12.7. The summed E-state index contributed by atoms with van der Waals surface area (Å²) in [5.41, 5.74) is 4.69. The molecule has 4 rings (SSSR count). The fraction of sp³-hybridized carbons (Fsp3) is 0.148. The van der Waals surface area contributed by atoms with E-state index in [2.05, 4.69) is 58.7 Å². The maximum Gasteiger partial charge on any atom is 0.251 e. The Hall–Kier alpha value is -3.99. The topological polar surface area (TPSA) is 66.9 Å². The molecule has 4 aromatic rings. The van der Waals surface area contributed by atoms with Gasteiger partial charge in [-0.25, -0.2) is 9.97 Å². The van der Waals surface area contributed by atoms with Crippen LogP contribution in [-0.4, -0.2) is 15.9 Å². The van der Waals surface area contributed by atoms with Gasteiger partial charge in [0.15, 0.2) is 5.82 Å². The monoisotopic (exact) mass is 422 g/mol. The van der Waals surface area contributed by atoms with Crippen molar-refractivity contribution in [3.63, 3.8) is 0 Å². The van der Waals surface area contributed by atoms with Gasteiger partial charge in [0.2, 0.25) is 0 Å². The first kappa shape index (κ1) is 21.2. The highest BCUT2D eigenvalue weighted by atomic mass is 16.1. The molecule has 0 unspecified atom stereocenters. The molecule has 0 saturated carbocycles. The first-order valence-electron chi connectivity index (χ1n) is 10.7. The van der Waals surface area contributed by atoms with Gasteiger partial charge < -0.3 is 10.6 Å². The summed E-state index contributed by atoms with van der Waals surface area (Å²) in [6.45, 7) is 4.82. The first-order chi connectivity index (χ1) is 15.6. The molecule has 1 aromatic heterocycles. The number of hydrogen-bond acceptors (Lipinski definition) is 4. The molecule has 3 aromatic carbocycles. The highest BCUT2D eigenvalue weighted by Gasteiger charge is 2.08. The Bertz CT molecular complexity index is 1190. The average Bonchev–Trinajstić information content (AvgIpc) is 2.83. The second-order valence-corrected chi connectivity index (χ2v) is 7.92. The SMILES string of the molecule is CC(C)c1ccc(CNC(=O)c2cccc(Nc3ccnc(-c4ccccc4)n3)c2)cc1. The Morgan fingerprint density at radius 3 is 2.44 bits per heavy atom. The Labute approximate surface area is 188 Å². The van der Waals surface area contributed by atoms with Crippen molar-refractivity contribution in [2.75, 3.05) is 5.32 Å². The zero-order chi connectivity index (χ0) is 22.3. The lowest BCUT2D eigenvalue weighted by atomic mass is 10.0. The maximum absolute atomic E-state index is 12.7. The summed E-state index contributed by atoms with van der Waals surface area (Å²) in [5.74, 6) is 1.69. The number of benzene rings is 3. The molecule has 0 fully saturated rings. The number of anilines is 2. The minimum Gasteiger partial charge on any atom is -0.348 e. The fourth-order valence-corrected chi connectivity index (χ4v) is 3.35. The fourth-order valence-electron chi connectivity index (χ4n) is 3.35. The van der Waals surface area contributed by atoms with Crippen LogP contribution in [0.4, 0.5) is 11.5 Å². The summed E-state index contributed by atoms with van der Waals surface area (Å²) in [5, 5.41) is 6.26. The second kappa shape index (κ2) is 9.88. The standard InChI is InChI=1S/C27H26N4O/c1-19(2)21-13-11-20(12-14-21)18-29-27(32)23-9-6-10-24(17-23)30-25-15-16-28-26(31-25)22-7-4-3-5-8-22/h3-17,19H,18H2,1-2H3,(H,29,32)(H,28,30,31). The van der Waals surface area contributed by atoms with E-state index in [0.717, 1.165) is 16.8 Å². The summed E-state index contributed by atoms with van der Waals surface area (Å²) in [6, 6.07) is 27.4. The lowest BCUT2D eigenvalue weighted by Gasteiger charge is -2.10. The van der Waals surface area contributed by atoms with E-state index in [0.29, 0.717) is 29.7 Å². The Balaban J connectivity index is 1.41. The summed E-state index contributed by atoms with van der Waals surface area (Å²) in [7, 11) is 0. The molecule has 32 heavy (non-hydrogen) atoms. The molecule has 2 N–H and O–H groups in total. The van der Waals surface area contributed by atoms with Crippen molar-refractivity contribution in [3.8, 4) is 11.4 Å². The van der Waals surface area contributed by atoms with Crippen LogP contribution in [0, 0.1) is 0 Å². The smallest absolute Gasteiger partial charge is 0.251 e. The zero-order valence-corrected chi connectivity index (χ0v) is 18.2. The van der Waals surface area contributed by atoms with Gasteiger partial charge in [-0.05, 0) is 41.3 Å². The van der Waals surface area contributed by atoms with Crippen molar-refractivity contribution in [3.05, 3.63) is 108 Å². The van der Waals surface area contributed by atoms with Crippen LogP contribution < -0.4 is 10.6 Å². The van der Waals surface area contributed by atoms with Crippen molar-refractivity contribution in [1.29, 1.82) is 0 Å². The van der Waals surface area contributed by atoms with Gasteiger partial charge in [-0.2, -0.15) is 0 Å². The Kier molecular flexibility index (Phi) is 6.56.